The van der Waals surface area contributed by atoms with Gasteiger partial charge in [-0.25, -0.2) is 18.4 Å². The number of rotatable bonds is 7. The van der Waals surface area contributed by atoms with E-state index in [1.165, 1.54) is 24.5 Å². The quantitative estimate of drug-likeness (QED) is 0.314. The lowest BCUT2D eigenvalue weighted by Crippen LogP contribution is -2.49. The molecule has 204 valence electrons. The number of hydrogen-bond donors (Lipinski definition) is 3. The smallest absolute Gasteiger partial charge is 0.375 e. The first-order chi connectivity index (χ1) is 18.6. The molecule has 0 spiro atoms. The van der Waals surface area contributed by atoms with Crippen molar-refractivity contribution in [2.24, 2.45) is 0 Å². The lowest BCUT2D eigenvalue weighted by Gasteiger charge is -2.34. The van der Waals surface area contributed by atoms with Crippen LogP contribution in [-0.4, -0.2) is 60.2 Å². The monoisotopic (exact) mass is 559 g/mol. The average molecular weight is 560 g/mol. The average Bonchev–Trinajstić information content (AvgIpc) is 3.41. The number of carbonyl (C=O) groups is 1. The van der Waals surface area contributed by atoms with E-state index < -0.39 is 26.5 Å². The van der Waals surface area contributed by atoms with Crippen LogP contribution in [-0.2, 0) is 20.8 Å². The number of benzene rings is 2. The number of alkyl halides is 3. The maximum Gasteiger partial charge on any atom is 0.416 e. The Bertz CT molecular complexity index is 1610. The van der Waals surface area contributed by atoms with Crippen LogP contribution in [0.25, 0.3) is 11.0 Å². The number of carbonyl (C=O) groups excluding carboxylic acids is 1. The second-order valence-corrected chi connectivity index (χ2v) is 11.0. The number of halogens is 3. The molecule has 0 bridgehead atoms. The van der Waals surface area contributed by atoms with Gasteiger partial charge in [0.15, 0.2) is 5.65 Å². The summed E-state index contributed by atoms with van der Waals surface area (Å²) >= 11 is 0. The zero-order valence-electron chi connectivity index (χ0n) is 20.4. The molecular formula is C25H24F3N7O3S. The number of amides is 1. The fourth-order valence-corrected chi connectivity index (χ4v) is 6.04. The highest BCUT2D eigenvalue weighted by atomic mass is 32.2. The SMILES string of the molecule is O=C(CNc1ccccc1S(=O)(=O)c1cccc(C(F)(F)F)c1)N[C@@H]1CCCN(c2ncnc3[nH]ncc23)C1. The summed E-state index contributed by atoms with van der Waals surface area (Å²) in [5, 5.41) is 13.4. The van der Waals surface area contributed by atoms with Gasteiger partial charge in [0.2, 0.25) is 15.7 Å². The number of aromatic amines is 1. The minimum atomic E-state index is -4.69. The van der Waals surface area contributed by atoms with Crippen molar-refractivity contribution in [3.63, 3.8) is 0 Å². The van der Waals surface area contributed by atoms with Gasteiger partial charge in [-0.3, -0.25) is 9.89 Å². The van der Waals surface area contributed by atoms with Crippen molar-refractivity contribution in [2.45, 2.75) is 34.9 Å². The van der Waals surface area contributed by atoms with Gasteiger partial charge in [0, 0.05) is 19.1 Å². The van der Waals surface area contributed by atoms with Gasteiger partial charge in [0.05, 0.1) is 39.2 Å². The van der Waals surface area contributed by atoms with Crippen molar-refractivity contribution in [1.29, 1.82) is 0 Å². The minimum Gasteiger partial charge on any atom is -0.375 e. The summed E-state index contributed by atoms with van der Waals surface area (Å²) < 4.78 is 65.9. The Balaban J connectivity index is 1.26. The molecule has 5 rings (SSSR count). The molecule has 3 N–H and O–H groups in total. The van der Waals surface area contributed by atoms with Crippen molar-refractivity contribution in [2.75, 3.05) is 29.9 Å². The lowest BCUT2D eigenvalue weighted by molar-refractivity contribution is -0.137. The maximum atomic E-state index is 13.2. The van der Waals surface area contributed by atoms with Gasteiger partial charge in [0.25, 0.3) is 0 Å². The molecule has 0 saturated carbocycles. The third-order valence-electron chi connectivity index (χ3n) is 6.40. The van der Waals surface area contributed by atoms with Gasteiger partial charge >= 0.3 is 6.18 Å². The highest BCUT2D eigenvalue weighted by Gasteiger charge is 2.32. The van der Waals surface area contributed by atoms with Crippen molar-refractivity contribution < 1.29 is 26.4 Å². The Morgan fingerprint density at radius 2 is 1.95 bits per heavy atom. The van der Waals surface area contributed by atoms with E-state index in [9.17, 15) is 26.4 Å². The largest absolute Gasteiger partial charge is 0.416 e. The first-order valence-corrected chi connectivity index (χ1v) is 13.5. The van der Waals surface area contributed by atoms with Crippen molar-refractivity contribution >= 4 is 38.3 Å². The highest BCUT2D eigenvalue weighted by Crippen LogP contribution is 2.33. The van der Waals surface area contributed by atoms with Crippen molar-refractivity contribution in [3.05, 3.63) is 66.6 Å². The Kier molecular flexibility index (Phi) is 7.12. The predicted octanol–water partition coefficient (Wildman–Crippen LogP) is 3.40. The third kappa shape index (κ3) is 5.65. The number of anilines is 2. The molecule has 10 nitrogen and oxygen atoms in total. The second kappa shape index (κ2) is 10.5. The number of para-hydroxylation sites is 1. The number of hydrogen-bond acceptors (Lipinski definition) is 8. The van der Waals surface area contributed by atoms with Crippen LogP contribution >= 0.6 is 0 Å². The van der Waals surface area contributed by atoms with E-state index in [0.29, 0.717) is 18.3 Å². The summed E-state index contributed by atoms with van der Waals surface area (Å²) in [6.45, 7) is 1.04. The molecule has 1 atom stereocenters. The molecule has 14 heteroatoms. The van der Waals surface area contributed by atoms with E-state index in [1.807, 2.05) is 0 Å². The Hall–Kier alpha value is -4.20. The first-order valence-electron chi connectivity index (χ1n) is 12.1. The van der Waals surface area contributed by atoms with E-state index >= 15 is 0 Å². The van der Waals surface area contributed by atoms with E-state index in [-0.39, 0.29) is 29.1 Å². The number of aromatic nitrogens is 4. The molecular weight excluding hydrogens is 535 g/mol. The van der Waals surface area contributed by atoms with Crippen LogP contribution in [0.3, 0.4) is 0 Å². The van der Waals surface area contributed by atoms with Crippen LogP contribution in [0, 0.1) is 0 Å². The molecule has 1 aliphatic rings. The molecule has 1 aliphatic heterocycles. The van der Waals surface area contributed by atoms with Crippen molar-refractivity contribution in [3.8, 4) is 0 Å². The molecule has 4 aromatic rings. The van der Waals surface area contributed by atoms with Crippen LogP contribution in [0.1, 0.15) is 18.4 Å². The van der Waals surface area contributed by atoms with E-state index in [4.69, 9.17) is 0 Å². The summed E-state index contributed by atoms with van der Waals surface area (Å²) in [6.07, 6.45) is -0.00922. The van der Waals surface area contributed by atoms with Gasteiger partial charge in [-0.1, -0.05) is 18.2 Å². The van der Waals surface area contributed by atoms with E-state index in [1.54, 1.807) is 12.3 Å². The van der Waals surface area contributed by atoms with Crippen LogP contribution in [0.5, 0.6) is 0 Å². The van der Waals surface area contributed by atoms with E-state index in [0.717, 1.165) is 48.8 Å². The first kappa shape index (κ1) is 26.4. The summed E-state index contributed by atoms with van der Waals surface area (Å²) in [7, 11) is -4.30. The fourth-order valence-electron chi connectivity index (χ4n) is 4.56. The normalized spacial score (nSPS) is 16.3. The molecule has 0 radical (unpaired) electrons. The second-order valence-electron chi connectivity index (χ2n) is 9.06. The predicted molar refractivity (Wildman–Crippen MR) is 137 cm³/mol. The van der Waals surface area contributed by atoms with Gasteiger partial charge in [-0.2, -0.15) is 18.3 Å². The summed E-state index contributed by atoms with van der Waals surface area (Å²) in [4.78, 5) is 22.6. The molecule has 1 saturated heterocycles. The molecule has 2 aromatic carbocycles. The van der Waals surface area contributed by atoms with Gasteiger partial charge in [0.1, 0.15) is 12.1 Å². The summed E-state index contributed by atoms with van der Waals surface area (Å²) in [5.74, 6) is 0.365. The maximum absolute atomic E-state index is 13.2. The third-order valence-corrected chi connectivity index (χ3v) is 8.21. The standard InChI is InChI=1S/C25H24F3N7O3S/c26-25(27,28)16-5-3-7-18(11-16)39(37,38)21-9-2-1-8-20(21)29-13-22(36)33-17-6-4-10-35(14-17)24-19-12-32-34-23(19)30-15-31-24/h1-3,5,7-9,11-12,15,17,29H,4,6,10,13-14H2,(H,33,36)(H,30,31,32,34)/t17-/m1/s1. The van der Waals surface area contributed by atoms with Crippen LogP contribution in [0.4, 0.5) is 24.7 Å². The molecule has 0 unspecified atom stereocenters. The van der Waals surface area contributed by atoms with Gasteiger partial charge in [-0.15, -0.1) is 0 Å². The topological polar surface area (TPSA) is 133 Å². The molecule has 3 heterocycles. The zero-order chi connectivity index (χ0) is 27.6. The molecule has 1 amide bonds. The number of nitrogens with one attached hydrogen (secondary N) is 3. The summed E-state index contributed by atoms with van der Waals surface area (Å²) in [5.41, 5.74) is -0.335. The van der Waals surface area contributed by atoms with E-state index in [2.05, 4.69) is 35.7 Å². The Morgan fingerprint density at radius 3 is 2.77 bits per heavy atom. The number of piperidine rings is 1. The number of sulfone groups is 1. The van der Waals surface area contributed by atoms with Gasteiger partial charge in [-0.05, 0) is 43.2 Å². The van der Waals surface area contributed by atoms with Crippen molar-refractivity contribution in [1.82, 2.24) is 25.5 Å². The number of H-pyrrole nitrogens is 1. The minimum absolute atomic E-state index is 0.110. The molecule has 39 heavy (non-hydrogen) atoms. The van der Waals surface area contributed by atoms with Crippen LogP contribution in [0.15, 0.2) is 70.8 Å². The molecule has 2 aromatic heterocycles. The fraction of sp³-hybridized carbons (Fsp3) is 0.280. The van der Waals surface area contributed by atoms with Crippen LogP contribution < -0.4 is 15.5 Å². The zero-order valence-corrected chi connectivity index (χ0v) is 21.3. The number of fused-ring (bicyclic) bond motifs is 1. The molecule has 1 fully saturated rings. The summed E-state index contributed by atoms with van der Waals surface area (Å²) in [6, 6.07) is 9.17. The Labute approximate surface area is 221 Å². The van der Waals surface area contributed by atoms with Crippen LogP contribution in [0.2, 0.25) is 0 Å². The highest BCUT2D eigenvalue weighted by molar-refractivity contribution is 7.91. The number of nitrogens with zero attached hydrogens (tertiary/aromatic N) is 4. The Morgan fingerprint density at radius 1 is 1.13 bits per heavy atom. The van der Waals surface area contributed by atoms with Gasteiger partial charge < -0.3 is 15.5 Å². The lowest BCUT2D eigenvalue weighted by atomic mass is 10.1. The molecule has 0 aliphatic carbocycles.